The van der Waals surface area contributed by atoms with Crippen molar-refractivity contribution in [2.24, 2.45) is 0 Å². The van der Waals surface area contributed by atoms with Gasteiger partial charge in [-0.25, -0.2) is 15.0 Å². The van der Waals surface area contributed by atoms with Gasteiger partial charge in [0.05, 0.1) is 16.7 Å². The van der Waals surface area contributed by atoms with E-state index < -0.39 is 0 Å². The van der Waals surface area contributed by atoms with Gasteiger partial charge in [0, 0.05) is 50.1 Å². The first-order chi connectivity index (χ1) is 27.8. The summed E-state index contributed by atoms with van der Waals surface area (Å²) in [5.74, 6) is 1.85. The summed E-state index contributed by atoms with van der Waals surface area (Å²) in [5.41, 5.74) is 11.5. The minimum Gasteiger partial charge on any atom is -0.310 e. The van der Waals surface area contributed by atoms with Crippen LogP contribution in [-0.4, -0.2) is 19.5 Å². The third kappa shape index (κ3) is 6.07. The van der Waals surface area contributed by atoms with Crippen LogP contribution >= 0.6 is 0 Å². The average Bonchev–Trinajstić information content (AvgIpc) is 3.61. The highest BCUT2D eigenvalue weighted by Crippen LogP contribution is 2.41. The van der Waals surface area contributed by atoms with Gasteiger partial charge in [0.2, 0.25) is 0 Å². The van der Waals surface area contributed by atoms with Crippen molar-refractivity contribution >= 4 is 38.9 Å². The van der Waals surface area contributed by atoms with Gasteiger partial charge in [-0.05, 0) is 66.2 Å². The van der Waals surface area contributed by atoms with Crippen LogP contribution in [0.2, 0.25) is 0 Å². The van der Waals surface area contributed by atoms with Crippen LogP contribution in [0.25, 0.3) is 72.8 Å². The number of para-hydroxylation sites is 5. The predicted molar refractivity (Wildman–Crippen MR) is 231 cm³/mol. The molecule has 0 fully saturated rings. The van der Waals surface area contributed by atoms with Crippen molar-refractivity contribution in [3.63, 3.8) is 0 Å². The number of aromatic nitrogens is 4. The molecule has 0 N–H and O–H groups in total. The third-order valence-electron chi connectivity index (χ3n) is 10.2. The quantitative estimate of drug-likeness (QED) is 0.157. The van der Waals surface area contributed by atoms with Crippen molar-refractivity contribution in [3.8, 4) is 51.0 Å². The minimum atomic E-state index is 0.611. The summed E-state index contributed by atoms with van der Waals surface area (Å²) in [5, 5.41) is 2.38. The lowest BCUT2D eigenvalue weighted by molar-refractivity contribution is 1.07. The number of benzene rings is 8. The first kappa shape index (κ1) is 33.0. The molecule has 0 aliphatic carbocycles. The van der Waals surface area contributed by atoms with Crippen LogP contribution in [0.15, 0.2) is 212 Å². The maximum Gasteiger partial charge on any atom is 0.164 e. The number of nitrogens with zero attached hydrogens (tertiary/aromatic N) is 5. The maximum atomic E-state index is 5.21. The summed E-state index contributed by atoms with van der Waals surface area (Å²) < 4.78 is 2.32. The van der Waals surface area contributed by atoms with E-state index in [0.29, 0.717) is 17.5 Å². The third-order valence-corrected chi connectivity index (χ3v) is 10.2. The molecule has 0 unspecified atom stereocenters. The van der Waals surface area contributed by atoms with Gasteiger partial charge in [0.25, 0.3) is 0 Å². The Morgan fingerprint density at radius 1 is 0.339 bits per heavy atom. The summed E-state index contributed by atoms with van der Waals surface area (Å²) >= 11 is 0. The standard InChI is InChI=1S/C51H35N5/c1-5-18-36(19-6-1)49-52-50(54-51(53-49)39-32-33-45-44-29-14-16-31-47(44)56(48(45)35-39)42-26-11-4-12-27-42)38-21-17-20-37(34-38)43-28-13-15-30-46(43)55(40-22-7-2-8-23-40)41-24-9-3-10-25-41/h1-35H. The van der Waals surface area contributed by atoms with Gasteiger partial charge >= 0.3 is 0 Å². The Hall–Kier alpha value is -7.63. The van der Waals surface area contributed by atoms with Crippen LogP contribution < -0.4 is 4.90 Å². The largest absolute Gasteiger partial charge is 0.310 e. The van der Waals surface area contributed by atoms with E-state index in [4.69, 9.17) is 15.0 Å². The van der Waals surface area contributed by atoms with Crippen LogP contribution in [0.5, 0.6) is 0 Å². The Morgan fingerprint density at radius 3 is 1.54 bits per heavy atom. The number of hydrogen-bond donors (Lipinski definition) is 0. The molecule has 0 amide bonds. The Labute approximate surface area is 325 Å². The normalized spacial score (nSPS) is 11.2. The average molecular weight is 718 g/mol. The molecule has 5 nitrogen and oxygen atoms in total. The molecule has 0 saturated heterocycles. The molecule has 0 saturated carbocycles. The summed E-state index contributed by atoms with van der Waals surface area (Å²) in [7, 11) is 0. The second-order valence-electron chi connectivity index (χ2n) is 13.7. The monoisotopic (exact) mass is 717 g/mol. The van der Waals surface area contributed by atoms with E-state index in [-0.39, 0.29) is 0 Å². The van der Waals surface area contributed by atoms with Crippen molar-refractivity contribution < 1.29 is 0 Å². The molecule has 8 aromatic carbocycles. The van der Waals surface area contributed by atoms with Crippen molar-refractivity contribution in [1.82, 2.24) is 19.5 Å². The fourth-order valence-electron chi connectivity index (χ4n) is 7.64. The zero-order valence-corrected chi connectivity index (χ0v) is 30.4. The van der Waals surface area contributed by atoms with E-state index in [1.807, 2.05) is 30.3 Å². The van der Waals surface area contributed by atoms with E-state index >= 15 is 0 Å². The van der Waals surface area contributed by atoms with E-state index in [0.717, 1.165) is 61.6 Å². The second kappa shape index (κ2) is 14.3. The lowest BCUT2D eigenvalue weighted by Gasteiger charge is -2.27. The van der Waals surface area contributed by atoms with Gasteiger partial charge < -0.3 is 9.47 Å². The van der Waals surface area contributed by atoms with Crippen LogP contribution in [0.4, 0.5) is 17.1 Å². The molecule has 0 aliphatic heterocycles. The van der Waals surface area contributed by atoms with E-state index in [9.17, 15) is 0 Å². The van der Waals surface area contributed by atoms with Gasteiger partial charge in [-0.2, -0.15) is 0 Å². The molecular formula is C51H35N5. The van der Waals surface area contributed by atoms with Gasteiger partial charge in [0.1, 0.15) is 0 Å². The topological polar surface area (TPSA) is 46.8 Å². The molecule has 2 aromatic heterocycles. The molecule has 0 aliphatic rings. The number of hydrogen-bond acceptors (Lipinski definition) is 4. The Bertz CT molecular complexity index is 2920. The van der Waals surface area contributed by atoms with Crippen LogP contribution in [0, 0.1) is 0 Å². The zero-order chi connectivity index (χ0) is 37.3. The summed E-state index contributed by atoms with van der Waals surface area (Å²) in [6.07, 6.45) is 0. The van der Waals surface area contributed by atoms with Gasteiger partial charge in [0.15, 0.2) is 17.5 Å². The fourth-order valence-corrected chi connectivity index (χ4v) is 7.64. The first-order valence-corrected chi connectivity index (χ1v) is 18.8. The maximum absolute atomic E-state index is 5.21. The van der Waals surface area contributed by atoms with E-state index in [1.165, 1.54) is 10.8 Å². The molecule has 0 atom stereocenters. The van der Waals surface area contributed by atoms with Gasteiger partial charge in [-0.1, -0.05) is 152 Å². The smallest absolute Gasteiger partial charge is 0.164 e. The van der Waals surface area contributed by atoms with Crippen molar-refractivity contribution in [1.29, 1.82) is 0 Å². The van der Waals surface area contributed by atoms with Crippen molar-refractivity contribution in [3.05, 3.63) is 212 Å². The summed E-state index contributed by atoms with van der Waals surface area (Å²) in [4.78, 5) is 17.7. The highest BCUT2D eigenvalue weighted by atomic mass is 15.1. The van der Waals surface area contributed by atoms with Crippen molar-refractivity contribution in [2.45, 2.75) is 0 Å². The molecule has 0 bridgehead atoms. The molecule has 56 heavy (non-hydrogen) atoms. The van der Waals surface area contributed by atoms with Crippen molar-refractivity contribution in [2.75, 3.05) is 4.90 Å². The summed E-state index contributed by atoms with van der Waals surface area (Å²) in [6.45, 7) is 0. The van der Waals surface area contributed by atoms with Crippen LogP contribution in [0.1, 0.15) is 0 Å². The summed E-state index contributed by atoms with van der Waals surface area (Å²) in [6, 6.07) is 73.9. The lowest BCUT2D eigenvalue weighted by atomic mass is 9.99. The molecule has 2 heterocycles. The molecule has 10 aromatic rings. The molecule has 0 spiro atoms. The molecule has 10 rings (SSSR count). The highest BCUT2D eigenvalue weighted by molar-refractivity contribution is 6.10. The van der Waals surface area contributed by atoms with Crippen LogP contribution in [-0.2, 0) is 0 Å². The fraction of sp³-hybridized carbons (Fsp3) is 0. The highest BCUT2D eigenvalue weighted by Gasteiger charge is 2.19. The minimum absolute atomic E-state index is 0.611. The Morgan fingerprint density at radius 2 is 0.839 bits per heavy atom. The lowest BCUT2D eigenvalue weighted by Crippen LogP contribution is -2.10. The Balaban J connectivity index is 1.13. The molecule has 5 heteroatoms. The molecule has 0 radical (unpaired) electrons. The van der Waals surface area contributed by atoms with Gasteiger partial charge in [-0.15, -0.1) is 0 Å². The molecular weight excluding hydrogens is 683 g/mol. The number of rotatable bonds is 8. The predicted octanol–water partition coefficient (Wildman–Crippen LogP) is 13.1. The SMILES string of the molecule is c1ccc(-c2nc(-c3cccc(-c4ccccc4N(c4ccccc4)c4ccccc4)c3)nc(-c3ccc4c5ccccc5n(-c5ccccc5)c4c3)n2)cc1. The number of anilines is 3. The first-order valence-electron chi connectivity index (χ1n) is 18.8. The Kier molecular flexibility index (Phi) is 8.43. The number of fused-ring (bicyclic) bond motifs is 3. The van der Waals surface area contributed by atoms with E-state index in [2.05, 4.69) is 191 Å². The van der Waals surface area contributed by atoms with Crippen LogP contribution in [0.3, 0.4) is 0 Å². The second-order valence-corrected chi connectivity index (χ2v) is 13.7. The van der Waals surface area contributed by atoms with E-state index in [1.54, 1.807) is 0 Å². The zero-order valence-electron chi connectivity index (χ0n) is 30.4. The van der Waals surface area contributed by atoms with Gasteiger partial charge in [-0.3, -0.25) is 0 Å². The molecule has 264 valence electrons.